The molecule has 1 aromatic carbocycles. The van der Waals surface area contributed by atoms with Crippen LogP contribution in [0, 0.1) is 22.0 Å². The third-order valence-electron chi connectivity index (χ3n) is 4.34. The number of ether oxygens (including phenoxy) is 1. The molecule has 5 nitrogen and oxygen atoms in total. The van der Waals surface area contributed by atoms with Crippen LogP contribution in [-0.2, 0) is 0 Å². The molecule has 0 amide bonds. The van der Waals surface area contributed by atoms with E-state index < -0.39 is 0 Å². The van der Waals surface area contributed by atoms with E-state index in [-0.39, 0.29) is 16.7 Å². The van der Waals surface area contributed by atoms with E-state index in [0.717, 1.165) is 37.4 Å². The second-order valence-corrected chi connectivity index (χ2v) is 6.01. The van der Waals surface area contributed by atoms with Gasteiger partial charge in [0.15, 0.2) is 0 Å². The Hall–Kier alpha value is -1.78. The zero-order valence-corrected chi connectivity index (χ0v) is 13.0. The molecular weight excluding hydrogens is 268 g/mol. The van der Waals surface area contributed by atoms with Crippen molar-refractivity contribution in [3.8, 4) is 5.75 Å². The number of hydrogen-bond donors (Lipinski definition) is 1. The van der Waals surface area contributed by atoms with E-state index in [1.807, 2.05) is 13.0 Å². The van der Waals surface area contributed by atoms with Gasteiger partial charge >= 0.3 is 0 Å². The monoisotopic (exact) mass is 292 g/mol. The molecule has 1 saturated carbocycles. The minimum atomic E-state index is -0.376. The van der Waals surface area contributed by atoms with Crippen molar-refractivity contribution in [3.63, 3.8) is 0 Å². The maximum atomic E-state index is 11.0. The van der Waals surface area contributed by atoms with Crippen LogP contribution in [-0.4, -0.2) is 17.6 Å². The second kappa shape index (κ2) is 6.78. The molecule has 0 spiro atoms. The van der Waals surface area contributed by atoms with Crippen LogP contribution >= 0.6 is 0 Å². The van der Waals surface area contributed by atoms with Crippen LogP contribution in [0.2, 0.25) is 0 Å². The second-order valence-electron chi connectivity index (χ2n) is 6.01. The molecule has 0 aliphatic heterocycles. The third-order valence-corrected chi connectivity index (χ3v) is 4.34. The number of benzene rings is 1. The summed E-state index contributed by atoms with van der Waals surface area (Å²) < 4.78 is 6.01. The van der Waals surface area contributed by atoms with Gasteiger partial charge < -0.3 is 10.1 Å². The lowest BCUT2D eigenvalue weighted by molar-refractivity contribution is -0.384. The van der Waals surface area contributed by atoms with Crippen LogP contribution in [0.4, 0.5) is 11.4 Å². The van der Waals surface area contributed by atoms with Crippen LogP contribution in [0.3, 0.4) is 0 Å². The Morgan fingerprint density at radius 3 is 2.67 bits per heavy atom. The molecule has 1 aliphatic rings. The zero-order chi connectivity index (χ0) is 15.4. The van der Waals surface area contributed by atoms with Gasteiger partial charge in [0.1, 0.15) is 5.75 Å². The summed E-state index contributed by atoms with van der Waals surface area (Å²) >= 11 is 0. The van der Waals surface area contributed by atoms with Crippen LogP contribution in [0.5, 0.6) is 5.75 Å². The van der Waals surface area contributed by atoms with Crippen molar-refractivity contribution < 1.29 is 9.66 Å². The highest BCUT2D eigenvalue weighted by Crippen LogP contribution is 2.33. The first kappa shape index (κ1) is 15.6. The van der Waals surface area contributed by atoms with Gasteiger partial charge in [-0.1, -0.05) is 13.8 Å². The molecule has 0 radical (unpaired) electrons. The zero-order valence-electron chi connectivity index (χ0n) is 13.0. The number of nitro groups is 1. The first-order valence-corrected chi connectivity index (χ1v) is 7.69. The van der Waals surface area contributed by atoms with Crippen molar-refractivity contribution in [1.29, 1.82) is 0 Å². The molecule has 0 heterocycles. The molecule has 2 rings (SSSR count). The number of nitrogens with one attached hydrogen (secondary N) is 1. The van der Waals surface area contributed by atoms with Gasteiger partial charge in [-0.15, -0.1) is 0 Å². The van der Waals surface area contributed by atoms with Crippen molar-refractivity contribution in [2.24, 2.45) is 11.8 Å². The van der Waals surface area contributed by atoms with E-state index in [0.29, 0.717) is 11.7 Å². The fourth-order valence-corrected chi connectivity index (χ4v) is 2.86. The summed E-state index contributed by atoms with van der Waals surface area (Å²) in [7, 11) is 0. The predicted octanol–water partition coefficient (Wildman–Crippen LogP) is 4.23. The molecule has 5 heteroatoms. The Balaban J connectivity index is 2.13. The number of hydrogen-bond acceptors (Lipinski definition) is 4. The standard InChI is InChI=1S/C16H24N2O3/c1-4-17-13-8-14(18(19)20)10-16(9-13)21-15-6-5-11(2)12(3)7-15/h8-12,15,17H,4-7H2,1-3H3. The Labute approximate surface area is 125 Å². The summed E-state index contributed by atoms with van der Waals surface area (Å²) in [5.74, 6) is 1.95. The van der Waals surface area contributed by atoms with Gasteiger partial charge in [0.2, 0.25) is 0 Å². The van der Waals surface area contributed by atoms with Gasteiger partial charge in [-0.3, -0.25) is 10.1 Å². The summed E-state index contributed by atoms with van der Waals surface area (Å²) in [6.45, 7) is 7.21. The minimum Gasteiger partial charge on any atom is -0.490 e. The molecule has 1 N–H and O–H groups in total. The van der Waals surface area contributed by atoms with Crippen LogP contribution in [0.15, 0.2) is 18.2 Å². The number of non-ortho nitro benzene ring substituents is 1. The van der Waals surface area contributed by atoms with Crippen molar-refractivity contribution in [3.05, 3.63) is 28.3 Å². The quantitative estimate of drug-likeness (QED) is 0.651. The third kappa shape index (κ3) is 4.09. The van der Waals surface area contributed by atoms with E-state index in [4.69, 9.17) is 4.74 Å². The normalized spacial score (nSPS) is 25.4. The highest BCUT2D eigenvalue weighted by atomic mass is 16.6. The van der Waals surface area contributed by atoms with Crippen LogP contribution in [0.1, 0.15) is 40.0 Å². The van der Waals surface area contributed by atoms with E-state index in [9.17, 15) is 10.1 Å². The number of nitro benzene ring substituents is 1. The molecule has 116 valence electrons. The molecule has 1 aliphatic carbocycles. The number of anilines is 1. The molecule has 0 bridgehead atoms. The lowest BCUT2D eigenvalue weighted by Gasteiger charge is -2.32. The summed E-state index contributed by atoms with van der Waals surface area (Å²) in [6.07, 6.45) is 3.35. The smallest absolute Gasteiger partial charge is 0.275 e. The lowest BCUT2D eigenvalue weighted by atomic mass is 9.80. The maximum Gasteiger partial charge on any atom is 0.275 e. The fraction of sp³-hybridized carbons (Fsp3) is 0.625. The van der Waals surface area contributed by atoms with E-state index in [1.165, 1.54) is 6.07 Å². The Bertz CT molecular complexity index is 504. The van der Waals surface area contributed by atoms with Crippen molar-refractivity contribution in [2.75, 3.05) is 11.9 Å². The molecule has 0 aromatic heterocycles. The fourth-order valence-electron chi connectivity index (χ4n) is 2.86. The first-order chi connectivity index (χ1) is 9.99. The summed E-state index contributed by atoms with van der Waals surface area (Å²) in [6, 6.07) is 4.91. The topological polar surface area (TPSA) is 64.4 Å². The Kier molecular flexibility index (Phi) is 5.04. The molecule has 3 atom stereocenters. The first-order valence-electron chi connectivity index (χ1n) is 7.69. The van der Waals surface area contributed by atoms with E-state index in [1.54, 1.807) is 6.07 Å². The maximum absolute atomic E-state index is 11.0. The predicted molar refractivity (Wildman–Crippen MR) is 83.9 cm³/mol. The molecule has 3 unspecified atom stereocenters. The Morgan fingerprint density at radius 2 is 2.05 bits per heavy atom. The van der Waals surface area contributed by atoms with Gasteiger partial charge in [0.05, 0.1) is 17.1 Å². The average Bonchev–Trinajstić information content (AvgIpc) is 2.43. The summed E-state index contributed by atoms with van der Waals surface area (Å²) in [4.78, 5) is 10.6. The Morgan fingerprint density at radius 1 is 1.29 bits per heavy atom. The molecule has 0 saturated heterocycles. The molecule has 1 fully saturated rings. The minimum absolute atomic E-state index is 0.0701. The van der Waals surface area contributed by atoms with Crippen molar-refractivity contribution in [1.82, 2.24) is 0 Å². The lowest BCUT2D eigenvalue weighted by Crippen LogP contribution is -2.28. The molecular formula is C16H24N2O3. The van der Waals surface area contributed by atoms with Gasteiger partial charge in [0.25, 0.3) is 5.69 Å². The molecule has 21 heavy (non-hydrogen) atoms. The van der Waals surface area contributed by atoms with Gasteiger partial charge in [0, 0.05) is 24.4 Å². The van der Waals surface area contributed by atoms with Gasteiger partial charge in [-0.25, -0.2) is 0 Å². The van der Waals surface area contributed by atoms with Gasteiger partial charge in [-0.2, -0.15) is 0 Å². The SMILES string of the molecule is CCNc1cc(OC2CCC(C)C(C)C2)cc([N+](=O)[O-])c1. The highest BCUT2D eigenvalue weighted by Gasteiger charge is 2.26. The average molecular weight is 292 g/mol. The van der Waals surface area contributed by atoms with E-state index in [2.05, 4.69) is 19.2 Å². The van der Waals surface area contributed by atoms with Crippen LogP contribution < -0.4 is 10.1 Å². The highest BCUT2D eigenvalue weighted by molar-refractivity contribution is 5.56. The van der Waals surface area contributed by atoms with Crippen LogP contribution in [0.25, 0.3) is 0 Å². The van der Waals surface area contributed by atoms with Crippen molar-refractivity contribution in [2.45, 2.75) is 46.1 Å². The number of rotatable bonds is 5. The summed E-state index contributed by atoms with van der Waals surface area (Å²) in [5.41, 5.74) is 0.805. The largest absolute Gasteiger partial charge is 0.490 e. The summed E-state index contributed by atoms with van der Waals surface area (Å²) in [5, 5.41) is 14.1. The van der Waals surface area contributed by atoms with Crippen molar-refractivity contribution >= 4 is 11.4 Å². The van der Waals surface area contributed by atoms with Gasteiger partial charge in [-0.05, 0) is 38.0 Å². The van der Waals surface area contributed by atoms with E-state index >= 15 is 0 Å². The number of nitrogens with zero attached hydrogens (tertiary/aromatic N) is 1. The molecule has 1 aromatic rings.